The van der Waals surface area contributed by atoms with E-state index in [2.05, 4.69) is 4.72 Å². The Kier molecular flexibility index (Phi) is 7.70. The molecule has 0 aliphatic carbocycles. The van der Waals surface area contributed by atoms with Crippen LogP contribution in [0.5, 0.6) is 5.75 Å². The number of benzene rings is 3. The first-order chi connectivity index (χ1) is 15.5. The van der Waals surface area contributed by atoms with Crippen molar-refractivity contribution in [2.45, 2.75) is 24.3 Å². The normalized spacial score (nSPS) is 12.2. The van der Waals surface area contributed by atoms with Crippen LogP contribution in [0.4, 0.5) is 5.69 Å². The third-order valence-electron chi connectivity index (χ3n) is 4.62. The van der Waals surface area contributed by atoms with Gasteiger partial charge in [-0.1, -0.05) is 47.0 Å². The fourth-order valence-electron chi connectivity index (χ4n) is 2.91. The second kappa shape index (κ2) is 10.3. The van der Waals surface area contributed by atoms with Crippen molar-refractivity contribution in [1.82, 2.24) is 4.72 Å². The van der Waals surface area contributed by atoms with Gasteiger partial charge in [-0.25, -0.2) is 13.1 Å². The maximum atomic E-state index is 12.9. The molecule has 3 rings (SSSR count). The van der Waals surface area contributed by atoms with Gasteiger partial charge < -0.3 is 4.74 Å². The molecule has 11 heteroatoms. The Balaban J connectivity index is 1.85. The van der Waals surface area contributed by atoms with Crippen LogP contribution < -0.4 is 9.46 Å². The molecule has 0 fully saturated rings. The third-order valence-corrected chi connectivity index (χ3v) is 6.85. The van der Waals surface area contributed by atoms with Gasteiger partial charge in [-0.05, 0) is 48.9 Å². The number of carbonyl (C=O) groups excluding carboxylic acids is 1. The van der Waals surface area contributed by atoms with Crippen LogP contribution in [0, 0.1) is 17.0 Å². The zero-order valence-corrected chi connectivity index (χ0v) is 19.5. The Hall–Kier alpha value is -2.98. The molecule has 33 heavy (non-hydrogen) atoms. The van der Waals surface area contributed by atoms with Gasteiger partial charge in [-0.15, -0.1) is 0 Å². The van der Waals surface area contributed by atoms with Gasteiger partial charge in [0.05, 0.1) is 32.3 Å². The number of non-ortho nitro benzene ring substituents is 1. The van der Waals surface area contributed by atoms with Crippen molar-refractivity contribution in [3.63, 3.8) is 0 Å². The van der Waals surface area contributed by atoms with Crippen molar-refractivity contribution >= 4 is 44.9 Å². The number of hydrogen-bond acceptors (Lipinski definition) is 6. The molecule has 0 bridgehead atoms. The molecule has 1 N–H and O–H groups in total. The Morgan fingerprint density at radius 3 is 2.24 bits per heavy atom. The number of esters is 1. The van der Waals surface area contributed by atoms with Crippen LogP contribution in [0.15, 0.2) is 71.6 Å². The molecular formula is C22H18Cl2N2O6S. The zero-order valence-electron chi connectivity index (χ0n) is 17.2. The average molecular weight is 509 g/mol. The van der Waals surface area contributed by atoms with E-state index >= 15 is 0 Å². The van der Waals surface area contributed by atoms with Gasteiger partial charge in [0.15, 0.2) is 0 Å². The summed E-state index contributed by atoms with van der Waals surface area (Å²) in [6.45, 7) is 1.83. The first-order valence-corrected chi connectivity index (χ1v) is 11.8. The predicted octanol–water partition coefficient (Wildman–Crippen LogP) is 5.23. The van der Waals surface area contributed by atoms with Crippen molar-refractivity contribution in [3.05, 3.63) is 98.0 Å². The molecule has 1 atom stereocenters. The SMILES string of the molecule is Cc1ccc(S(=O)(=O)N[C@@H](CC(=O)Oc2ccc([N+](=O)[O-])cc2)c2ccc(Cl)c(Cl)c2)cc1. The summed E-state index contributed by atoms with van der Waals surface area (Å²) in [5.41, 5.74) is 1.14. The van der Waals surface area contributed by atoms with E-state index in [4.69, 9.17) is 27.9 Å². The summed E-state index contributed by atoms with van der Waals surface area (Å²) in [6, 6.07) is 14.7. The maximum Gasteiger partial charge on any atom is 0.313 e. The molecule has 0 saturated heterocycles. The lowest BCUT2D eigenvalue weighted by molar-refractivity contribution is -0.384. The largest absolute Gasteiger partial charge is 0.426 e. The minimum Gasteiger partial charge on any atom is -0.426 e. The van der Waals surface area contributed by atoms with E-state index in [9.17, 15) is 23.3 Å². The Bertz CT molecular complexity index is 1280. The number of sulfonamides is 1. The number of nitrogens with one attached hydrogen (secondary N) is 1. The van der Waals surface area contributed by atoms with Gasteiger partial charge in [0.25, 0.3) is 5.69 Å². The molecule has 0 heterocycles. The highest BCUT2D eigenvalue weighted by atomic mass is 35.5. The van der Waals surface area contributed by atoms with Crippen molar-refractivity contribution < 1.29 is 22.9 Å². The molecule has 172 valence electrons. The highest BCUT2D eigenvalue weighted by Gasteiger charge is 2.25. The number of halogens is 2. The summed E-state index contributed by atoms with van der Waals surface area (Å²) < 4.78 is 33.6. The van der Waals surface area contributed by atoms with Crippen LogP contribution in [0.2, 0.25) is 10.0 Å². The lowest BCUT2D eigenvalue weighted by Crippen LogP contribution is -2.31. The molecule has 3 aromatic rings. The van der Waals surface area contributed by atoms with Gasteiger partial charge >= 0.3 is 5.97 Å². The predicted molar refractivity (Wildman–Crippen MR) is 124 cm³/mol. The number of carbonyl (C=O) groups is 1. The zero-order chi connectivity index (χ0) is 24.2. The van der Waals surface area contributed by atoms with Gasteiger partial charge in [-0.2, -0.15) is 0 Å². The second-order valence-electron chi connectivity index (χ2n) is 7.09. The summed E-state index contributed by atoms with van der Waals surface area (Å²) in [4.78, 5) is 22.8. The summed E-state index contributed by atoms with van der Waals surface area (Å²) in [5.74, 6) is -0.675. The topological polar surface area (TPSA) is 116 Å². The van der Waals surface area contributed by atoms with Crippen molar-refractivity contribution in [1.29, 1.82) is 0 Å². The van der Waals surface area contributed by atoms with Gasteiger partial charge in [0.1, 0.15) is 5.75 Å². The van der Waals surface area contributed by atoms with Gasteiger partial charge in [0, 0.05) is 12.1 Å². The number of nitro benzene ring substituents is 1. The fraction of sp³-hybridized carbons (Fsp3) is 0.136. The van der Waals surface area contributed by atoms with E-state index in [1.807, 2.05) is 6.92 Å². The number of nitro groups is 1. The molecule has 0 aromatic heterocycles. The van der Waals surface area contributed by atoms with Gasteiger partial charge in [-0.3, -0.25) is 14.9 Å². The fourth-order valence-corrected chi connectivity index (χ4v) is 4.44. The quantitative estimate of drug-likeness (QED) is 0.193. The highest BCUT2D eigenvalue weighted by molar-refractivity contribution is 7.89. The van der Waals surface area contributed by atoms with Crippen molar-refractivity contribution in [2.24, 2.45) is 0 Å². The lowest BCUT2D eigenvalue weighted by Gasteiger charge is -2.19. The summed E-state index contributed by atoms with van der Waals surface area (Å²) in [5, 5.41) is 11.2. The van der Waals surface area contributed by atoms with Crippen LogP contribution in [0.3, 0.4) is 0 Å². The number of ether oxygens (including phenoxy) is 1. The minimum absolute atomic E-state index is 0.0295. The molecule has 8 nitrogen and oxygen atoms in total. The molecule has 0 spiro atoms. The first-order valence-electron chi connectivity index (χ1n) is 9.54. The van der Waals surface area contributed by atoms with Crippen LogP contribution in [0.1, 0.15) is 23.6 Å². The van der Waals surface area contributed by atoms with Crippen LogP contribution >= 0.6 is 23.2 Å². The Labute approximate surface area is 200 Å². The number of rotatable bonds is 8. The van der Waals surface area contributed by atoms with Crippen molar-refractivity contribution in [3.8, 4) is 5.75 Å². The van der Waals surface area contributed by atoms with E-state index in [1.54, 1.807) is 18.2 Å². The van der Waals surface area contributed by atoms with E-state index in [1.165, 1.54) is 48.5 Å². The molecular weight excluding hydrogens is 491 g/mol. The van der Waals surface area contributed by atoms with Crippen molar-refractivity contribution in [2.75, 3.05) is 0 Å². The van der Waals surface area contributed by atoms with Crippen LogP contribution in [-0.4, -0.2) is 19.3 Å². The molecule has 0 saturated carbocycles. The third kappa shape index (κ3) is 6.52. The maximum absolute atomic E-state index is 12.9. The molecule has 0 radical (unpaired) electrons. The number of nitrogens with zero attached hydrogens (tertiary/aromatic N) is 1. The molecule has 0 unspecified atom stereocenters. The first kappa shape index (κ1) is 24.7. The van der Waals surface area contributed by atoms with Crippen LogP contribution in [0.25, 0.3) is 0 Å². The molecule has 0 aliphatic rings. The summed E-state index contributed by atoms with van der Waals surface area (Å²) in [6.07, 6.45) is -0.375. The molecule has 0 aliphatic heterocycles. The lowest BCUT2D eigenvalue weighted by atomic mass is 10.1. The standard InChI is InChI=1S/C22H18Cl2N2O6S/c1-14-2-9-18(10-3-14)33(30,31)25-21(15-4-11-19(23)20(24)12-15)13-22(27)32-17-7-5-16(6-8-17)26(28)29/h2-12,21,25H,13H2,1H3/t21-/m0/s1. The Morgan fingerprint density at radius 1 is 1.03 bits per heavy atom. The van der Waals surface area contributed by atoms with Crippen LogP contribution in [-0.2, 0) is 14.8 Å². The number of aryl methyl sites for hydroxylation is 1. The smallest absolute Gasteiger partial charge is 0.313 e. The van der Waals surface area contributed by atoms with E-state index in [-0.39, 0.29) is 32.8 Å². The van der Waals surface area contributed by atoms with E-state index in [0.717, 1.165) is 5.56 Å². The molecule has 0 amide bonds. The van der Waals surface area contributed by atoms with Gasteiger partial charge in [0.2, 0.25) is 10.0 Å². The summed E-state index contributed by atoms with van der Waals surface area (Å²) in [7, 11) is -3.99. The second-order valence-corrected chi connectivity index (χ2v) is 9.62. The van der Waals surface area contributed by atoms with E-state index in [0.29, 0.717) is 5.56 Å². The monoisotopic (exact) mass is 508 g/mol. The number of hydrogen-bond donors (Lipinski definition) is 1. The minimum atomic E-state index is -3.99. The summed E-state index contributed by atoms with van der Waals surface area (Å²) >= 11 is 12.1. The Morgan fingerprint density at radius 2 is 1.67 bits per heavy atom. The highest BCUT2D eigenvalue weighted by Crippen LogP contribution is 2.29. The average Bonchev–Trinajstić information content (AvgIpc) is 2.75. The van der Waals surface area contributed by atoms with E-state index < -0.39 is 27.0 Å². The molecule has 3 aromatic carbocycles.